The first-order valence-electron chi connectivity index (χ1n) is 8.17. The van der Waals surface area contributed by atoms with Gasteiger partial charge in [-0.05, 0) is 37.5 Å². The van der Waals surface area contributed by atoms with Gasteiger partial charge in [-0.1, -0.05) is 20.8 Å². The van der Waals surface area contributed by atoms with Crippen LogP contribution in [0.3, 0.4) is 0 Å². The molecule has 2 N–H and O–H groups in total. The lowest BCUT2D eigenvalue weighted by molar-refractivity contribution is 0.600. The van der Waals surface area contributed by atoms with E-state index in [0.29, 0.717) is 11.3 Å². The number of halogens is 2. The van der Waals surface area contributed by atoms with Crippen molar-refractivity contribution >= 4 is 16.5 Å². The second-order valence-corrected chi connectivity index (χ2v) is 6.71. The van der Waals surface area contributed by atoms with Gasteiger partial charge in [-0.3, -0.25) is 9.97 Å². The molecule has 25 heavy (non-hydrogen) atoms. The van der Waals surface area contributed by atoms with Gasteiger partial charge in [-0.15, -0.1) is 0 Å². The molecule has 132 valence electrons. The van der Waals surface area contributed by atoms with E-state index in [2.05, 4.69) is 30.7 Å². The van der Waals surface area contributed by atoms with Crippen LogP contribution in [0.4, 0.5) is 14.5 Å². The SMILES string of the molecule is CC(C)C.Cc1cc2c(F)c(-c3cnccc3C)c(F)c(N)c2cn1. The Morgan fingerprint density at radius 1 is 1.00 bits per heavy atom. The number of nitrogens with zero attached hydrogens (tertiary/aromatic N) is 2. The maximum atomic E-state index is 14.8. The number of benzene rings is 1. The average molecular weight is 343 g/mol. The van der Waals surface area contributed by atoms with Crippen LogP contribution >= 0.6 is 0 Å². The molecular formula is C20H23F2N3. The molecule has 0 fully saturated rings. The number of hydrogen-bond acceptors (Lipinski definition) is 3. The fourth-order valence-corrected chi connectivity index (χ4v) is 2.40. The smallest absolute Gasteiger partial charge is 0.157 e. The van der Waals surface area contributed by atoms with Gasteiger partial charge < -0.3 is 5.73 Å². The molecule has 0 saturated carbocycles. The van der Waals surface area contributed by atoms with Gasteiger partial charge >= 0.3 is 0 Å². The summed E-state index contributed by atoms with van der Waals surface area (Å²) in [6.45, 7) is 10.0. The number of aromatic nitrogens is 2. The van der Waals surface area contributed by atoms with Crippen molar-refractivity contribution < 1.29 is 8.78 Å². The third kappa shape index (κ3) is 3.92. The lowest BCUT2D eigenvalue weighted by Crippen LogP contribution is -2.02. The number of pyridine rings is 2. The molecule has 0 aliphatic carbocycles. The van der Waals surface area contributed by atoms with Gasteiger partial charge in [-0.2, -0.15) is 0 Å². The van der Waals surface area contributed by atoms with Crippen LogP contribution in [-0.2, 0) is 0 Å². The highest BCUT2D eigenvalue weighted by molar-refractivity contribution is 5.97. The molecule has 3 aromatic rings. The van der Waals surface area contributed by atoms with E-state index in [-0.39, 0.29) is 22.0 Å². The summed E-state index contributed by atoms with van der Waals surface area (Å²) in [5.74, 6) is -0.583. The molecule has 3 rings (SSSR count). The van der Waals surface area contributed by atoms with Gasteiger partial charge in [0.1, 0.15) is 5.82 Å². The Balaban J connectivity index is 0.000000511. The van der Waals surface area contributed by atoms with Gasteiger partial charge in [-0.25, -0.2) is 8.78 Å². The molecule has 0 unspecified atom stereocenters. The Bertz CT molecular complexity index is 902. The monoisotopic (exact) mass is 343 g/mol. The number of fused-ring (bicyclic) bond motifs is 1. The molecule has 0 aliphatic rings. The molecule has 3 nitrogen and oxygen atoms in total. The molecule has 0 saturated heterocycles. The van der Waals surface area contributed by atoms with Gasteiger partial charge in [0.15, 0.2) is 5.82 Å². The highest BCUT2D eigenvalue weighted by atomic mass is 19.1. The summed E-state index contributed by atoms with van der Waals surface area (Å²) in [4.78, 5) is 7.99. The van der Waals surface area contributed by atoms with E-state index >= 15 is 0 Å². The summed E-state index contributed by atoms with van der Waals surface area (Å²) in [5, 5.41) is 0.542. The highest BCUT2D eigenvalue weighted by Gasteiger charge is 2.21. The van der Waals surface area contributed by atoms with Crippen molar-refractivity contribution in [2.24, 2.45) is 5.92 Å². The zero-order valence-corrected chi connectivity index (χ0v) is 15.2. The Morgan fingerprint density at radius 3 is 2.24 bits per heavy atom. The molecule has 2 heterocycles. The quantitative estimate of drug-likeness (QED) is 0.599. The number of aryl methyl sites for hydroxylation is 2. The Labute approximate surface area is 146 Å². The van der Waals surface area contributed by atoms with Crippen LogP contribution in [0.25, 0.3) is 21.9 Å². The molecular weight excluding hydrogens is 320 g/mol. The van der Waals surface area contributed by atoms with Crippen LogP contribution in [0, 0.1) is 31.4 Å². The van der Waals surface area contributed by atoms with E-state index in [4.69, 9.17) is 5.73 Å². The second kappa shape index (κ2) is 7.55. The third-order valence-corrected chi connectivity index (χ3v) is 3.55. The normalized spacial score (nSPS) is 10.7. The van der Waals surface area contributed by atoms with Crippen LogP contribution in [-0.4, -0.2) is 9.97 Å². The van der Waals surface area contributed by atoms with Crippen molar-refractivity contribution in [1.29, 1.82) is 0 Å². The first kappa shape index (κ1) is 18.8. The molecule has 0 atom stereocenters. The first-order valence-corrected chi connectivity index (χ1v) is 8.17. The minimum absolute atomic E-state index is 0.0999. The summed E-state index contributed by atoms with van der Waals surface area (Å²) in [6.07, 6.45) is 4.41. The van der Waals surface area contributed by atoms with E-state index in [9.17, 15) is 8.78 Å². The van der Waals surface area contributed by atoms with Crippen molar-refractivity contribution in [3.8, 4) is 11.1 Å². The topological polar surface area (TPSA) is 51.8 Å². The van der Waals surface area contributed by atoms with Crippen LogP contribution in [0.15, 0.2) is 30.7 Å². The molecule has 0 aliphatic heterocycles. The summed E-state index contributed by atoms with van der Waals surface area (Å²) in [5.41, 5.74) is 7.35. The average Bonchev–Trinajstić information content (AvgIpc) is 2.54. The van der Waals surface area contributed by atoms with Crippen LogP contribution in [0.5, 0.6) is 0 Å². The van der Waals surface area contributed by atoms with E-state index in [1.807, 2.05) is 0 Å². The molecule has 0 spiro atoms. The van der Waals surface area contributed by atoms with E-state index in [0.717, 1.165) is 11.5 Å². The van der Waals surface area contributed by atoms with E-state index in [1.165, 1.54) is 12.4 Å². The minimum atomic E-state index is -0.776. The number of nitrogen functional groups attached to an aromatic ring is 1. The maximum Gasteiger partial charge on any atom is 0.157 e. The van der Waals surface area contributed by atoms with Crippen molar-refractivity contribution in [3.05, 3.63) is 53.6 Å². The zero-order valence-electron chi connectivity index (χ0n) is 15.2. The standard InChI is InChI=1S/C16H13F2N3.C4H10/c1-8-3-4-20-6-11(8)13-14(17)10-5-9(2)21-7-12(10)16(19)15(13)18;1-4(2)3/h3-7H,19H2,1-2H3;4H,1-3H3. The Kier molecular flexibility index (Phi) is 5.67. The van der Waals surface area contributed by atoms with Crippen LogP contribution in [0.1, 0.15) is 32.0 Å². The number of anilines is 1. The largest absolute Gasteiger partial charge is 0.396 e. The molecule has 2 aromatic heterocycles. The predicted octanol–water partition coefficient (Wildman–Crippen LogP) is 5.44. The van der Waals surface area contributed by atoms with Crippen molar-refractivity contribution in [2.75, 3.05) is 5.73 Å². The molecule has 1 aromatic carbocycles. The fraction of sp³-hybridized carbons (Fsp3) is 0.300. The zero-order chi connectivity index (χ0) is 18.7. The Hall–Kier alpha value is -2.56. The van der Waals surface area contributed by atoms with E-state index < -0.39 is 11.6 Å². The van der Waals surface area contributed by atoms with Crippen LogP contribution in [0.2, 0.25) is 0 Å². The van der Waals surface area contributed by atoms with Gasteiger partial charge in [0.05, 0.1) is 11.3 Å². The van der Waals surface area contributed by atoms with Gasteiger partial charge in [0.2, 0.25) is 0 Å². The second-order valence-electron chi connectivity index (χ2n) is 6.71. The highest BCUT2D eigenvalue weighted by Crippen LogP contribution is 2.37. The third-order valence-electron chi connectivity index (χ3n) is 3.55. The lowest BCUT2D eigenvalue weighted by Gasteiger charge is -2.13. The number of nitrogens with two attached hydrogens (primary N) is 1. The first-order chi connectivity index (χ1) is 11.7. The maximum absolute atomic E-state index is 14.8. The molecule has 0 amide bonds. The Morgan fingerprint density at radius 2 is 1.64 bits per heavy atom. The van der Waals surface area contributed by atoms with Crippen molar-refractivity contribution in [1.82, 2.24) is 9.97 Å². The van der Waals surface area contributed by atoms with Crippen molar-refractivity contribution in [2.45, 2.75) is 34.6 Å². The summed E-state index contributed by atoms with van der Waals surface area (Å²) < 4.78 is 29.3. The van der Waals surface area contributed by atoms with Gasteiger partial charge in [0.25, 0.3) is 0 Å². The summed E-state index contributed by atoms with van der Waals surface area (Å²) in [7, 11) is 0. The minimum Gasteiger partial charge on any atom is -0.396 e. The summed E-state index contributed by atoms with van der Waals surface area (Å²) >= 11 is 0. The molecule has 0 bridgehead atoms. The van der Waals surface area contributed by atoms with Crippen LogP contribution < -0.4 is 5.73 Å². The number of hydrogen-bond donors (Lipinski definition) is 1. The fourth-order valence-electron chi connectivity index (χ4n) is 2.40. The molecule has 0 radical (unpaired) electrons. The number of rotatable bonds is 1. The van der Waals surface area contributed by atoms with E-state index in [1.54, 1.807) is 32.2 Å². The lowest BCUT2D eigenvalue weighted by atomic mass is 9.97. The van der Waals surface area contributed by atoms with Crippen molar-refractivity contribution in [3.63, 3.8) is 0 Å². The predicted molar refractivity (Wildman–Crippen MR) is 99.3 cm³/mol. The summed E-state index contributed by atoms with van der Waals surface area (Å²) in [6, 6.07) is 3.27. The van der Waals surface area contributed by atoms with Gasteiger partial charge in [0, 0.05) is 40.6 Å². The molecule has 5 heteroatoms.